The molecule has 0 bridgehead atoms. The first-order valence-electron chi connectivity index (χ1n) is 11.5. The number of nitrogens with two attached hydrogens (primary N) is 1. The van der Waals surface area contributed by atoms with Gasteiger partial charge in [0.15, 0.2) is 0 Å². The summed E-state index contributed by atoms with van der Waals surface area (Å²) in [7, 11) is 0. The van der Waals surface area contributed by atoms with Crippen molar-refractivity contribution in [3.8, 4) is 11.3 Å². The molecule has 2 N–H and O–H groups in total. The lowest BCUT2D eigenvalue weighted by Gasteiger charge is -2.34. The van der Waals surface area contributed by atoms with Gasteiger partial charge in [-0.1, -0.05) is 36.7 Å². The molecule has 182 valence electrons. The molecule has 0 aliphatic carbocycles. The number of carbonyl (C=O) groups excluding carboxylic acids is 3. The Morgan fingerprint density at radius 3 is 2.26 bits per heavy atom. The van der Waals surface area contributed by atoms with Crippen molar-refractivity contribution in [1.82, 2.24) is 14.8 Å². The molecule has 3 aromatic rings. The second-order valence-corrected chi connectivity index (χ2v) is 8.84. The Morgan fingerprint density at radius 2 is 1.63 bits per heavy atom. The number of hydrogen-bond donors (Lipinski definition) is 1. The number of piperazine rings is 1. The Morgan fingerprint density at radius 1 is 1.00 bits per heavy atom. The van der Waals surface area contributed by atoms with Crippen molar-refractivity contribution in [2.45, 2.75) is 20.3 Å². The molecule has 1 aromatic heterocycles. The van der Waals surface area contributed by atoms with Crippen molar-refractivity contribution in [3.63, 3.8) is 0 Å². The van der Waals surface area contributed by atoms with Crippen LogP contribution in [0.25, 0.3) is 22.2 Å². The number of ether oxygens (including phenoxy) is 1. The monoisotopic (exact) mass is 494 g/mol. The molecule has 0 radical (unpaired) electrons. The van der Waals surface area contributed by atoms with Crippen LogP contribution >= 0.6 is 11.6 Å². The van der Waals surface area contributed by atoms with E-state index in [0.29, 0.717) is 60.1 Å². The molecule has 1 fully saturated rings. The average molecular weight is 495 g/mol. The standard InChI is InChI=1S/C26H27ClN4O4/c1-3-14-35-26(34)31-12-10-30(11-13-31)25(33)19-8-9-20-21(15-19)29-23(16(2)22(20)27)17-4-6-18(7-5-17)24(28)32/h4-9,15H,3,10-14H2,1-2H3,(H2,28,32). The van der Waals surface area contributed by atoms with Gasteiger partial charge in [0.05, 0.1) is 22.8 Å². The molecular formula is C26H27ClN4O4. The fourth-order valence-electron chi connectivity index (χ4n) is 4.08. The molecule has 4 rings (SSSR count). The quantitative estimate of drug-likeness (QED) is 0.570. The van der Waals surface area contributed by atoms with Gasteiger partial charge in [-0.25, -0.2) is 9.78 Å². The maximum Gasteiger partial charge on any atom is 0.409 e. The van der Waals surface area contributed by atoms with E-state index in [1.807, 2.05) is 19.9 Å². The molecule has 8 nitrogen and oxygen atoms in total. The smallest absolute Gasteiger partial charge is 0.409 e. The molecule has 1 aliphatic rings. The number of benzene rings is 2. The van der Waals surface area contributed by atoms with Gasteiger partial charge >= 0.3 is 6.09 Å². The highest BCUT2D eigenvalue weighted by Crippen LogP contribution is 2.33. The fourth-order valence-corrected chi connectivity index (χ4v) is 4.33. The summed E-state index contributed by atoms with van der Waals surface area (Å²) in [6.45, 7) is 5.93. The fraction of sp³-hybridized carbons (Fsp3) is 0.308. The van der Waals surface area contributed by atoms with Crippen molar-refractivity contribution in [1.29, 1.82) is 0 Å². The third-order valence-electron chi connectivity index (χ3n) is 6.10. The number of halogens is 1. The Hall–Kier alpha value is -3.65. The highest BCUT2D eigenvalue weighted by molar-refractivity contribution is 6.36. The van der Waals surface area contributed by atoms with Crippen molar-refractivity contribution < 1.29 is 19.1 Å². The van der Waals surface area contributed by atoms with Crippen molar-refractivity contribution in [2.24, 2.45) is 5.73 Å². The molecular weight excluding hydrogens is 468 g/mol. The van der Waals surface area contributed by atoms with Crippen LogP contribution in [0.15, 0.2) is 42.5 Å². The summed E-state index contributed by atoms with van der Waals surface area (Å²) in [5.41, 5.74) is 9.11. The van der Waals surface area contributed by atoms with Crippen LogP contribution in [-0.4, -0.2) is 65.5 Å². The molecule has 2 aromatic carbocycles. The molecule has 9 heteroatoms. The van der Waals surface area contributed by atoms with Crippen LogP contribution in [0.2, 0.25) is 5.02 Å². The van der Waals surface area contributed by atoms with E-state index in [1.165, 1.54) is 0 Å². The molecule has 0 atom stereocenters. The number of aromatic nitrogens is 1. The van der Waals surface area contributed by atoms with E-state index in [4.69, 9.17) is 27.1 Å². The lowest BCUT2D eigenvalue weighted by molar-refractivity contribution is 0.0560. The van der Waals surface area contributed by atoms with Gasteiger partial charge in [-0.05, 0) is 43.2 Å². The molecule has 1 saturated heterocycles. The van der Waals surface area contributed by atoms with Crippen LogP contribution in [0.5, 0.6) is 0 Å². The largest absolute Gasteiger partial charge is 0.449 e. The maximum absolute atomic E-state index is 13.2. The minimum Gasteiger partial charge on any atom is -0.449 e. The van der Waals surface area contributed by atoms with Crippen molar-refractivity contribution in [2.75, 3.05) is 32.8 Å². The summed E-state index contributed by atoms with van der Waals surface area (Å²) < 4.78 is 5.19. The van der Waals surface area contributed by atoms with E-state index in [0.717, 1.165) is 22.9 Å². The summed E-state index contributed by atoms with van der Waals surface area (Å²) in [6, 6.07) is 12.1. The number of primary amides is 1. The van der Waals surface area contributed by atoms with E-state index in [9.17, 15) is 14.4 Å². The molecule has 0 saturated carbocycles. The Labute approximate surface area is 208 Å². The molecule has 2 heterocycles. The highest BCUT2D eigenvalue weighted by atomic mass is 35.5. The molecule has 3 amide bonds. The Kier molecular flexibility index (Phi) is 7.21. The van der Waals surface area contributed by atoms with Gasteiger partial charge in [0, 0.05) is 48.3 Å². The molecule has 35 heavy (non-hydrogen) atoms. The number of amides is 3. The van der Waals surface area contributed by atoms with Crippen LogP contribution in [0, 0.1) is 6.92 Å². The number of rotatable bonds is 5. The van der Waals surface area contributed by atoms with Gasteiger partial charge in [0.1, 0.15) is 0 Å². The van der Waals surface area contributed by atoms with Gasteiger partial charge in [-0.15, -0.1) is 0 Å². The van der Waals surface area contributed by atoms with Gasteiger partial charge < -0.3 is 20.3 Å². The summed E-state index contributed by atoms with van der Waals surface area (Å²) in [5.74, 6) is -0.626. The van der Waals surface area contributed by atoms with Gasteiger partial charge in [0.25, 0.3) is 5.91 Å². The average Bonchev–Trinajstić information content (AvgIpc) is 2.88. The van der Waals surface area contributed by atoms with Gasteiger partial charge in [-0.3, -0.25) is 9.59 Å². The number of pyridine rings is 1. The van der Waals surface area contributed by atoms with E-state index in [1.54, 1.807) is 46.2 Å². The SMILES string of the molecule is CCCOC(=O)N1CCN(C(=O)c2ccc3c(Cl)c(C)c(-c4ccc(C(N)=O)cc4)nc3c2)CC1. The minimum atomic E-state index is -0.500. The number of fused-ring (bicyclic) bond motifs is 1. The zero-order chi connectivity index (χ0) is 25.1. The lowest BCUT2D eigenvalue weighted by Crippen LogP contribution is -2.50. The van der Waals surface area contributed by atoms with Crippen LogP contribution in [0.1, 0.15) is 39.6 Å². The number of carbonyl (C=O) groups is 3. The van der Waals surface area contributed by atoms with Crippen LogP contribution in [0.3, 0.4) is 0 Å². The predicted molar refractivity (Wildman–Crippen MR) is 135 cm³/mol. The molecule has 0 spiro atoms. The summed E-state index contributed by atoms with van der Waals surface area (Å²) in [6.07, 6.45) is 0.430. The summed E-state index contributed by atoms with van der Waals surface area (Å²) in [5, 5.41) is 1.31. The zero-order valence-corrected chi connectivity index (χ0v) is 20.5. The first-order valence-corrected chi connectivity index (χ1v) is 11.9. The van der Waals surface area contributed by atoms with Crippen LogP contribution in [-0.2, 0) is 4.74 Å². The normalized spacial score (nSPS) is 13.7. The van der Waals surface area contributed by atoms with Crippen molar-refractivity contribution in [3.05, 3.63) is 64.2 Å². The highest BCUT2D eigenvalue weighted by Gasteiger charge is 2.26. The first-order chi connectivity index (χ1) is 16.8. The van der Waals surface area contributed by atoms with Crippen molar-refractivity contribution >= 4 is 40.4 Å². The summed E-state index contributed by atoms with van der Waals surface area (Å²) in [4.78, 5) is 44.8. The maximum atomic E-state index is 13.2. The van der Waals surface area contributed by atoms with Gasteiger partial charge in [0.2, 0.25) is 5.91 Å². The van der Waals surface area contributed by atoms with Crippen LogP contribution in [0.4, 0.5) is 4.79 Å². The third kappa shape index (κ3) is 5.07. The van der Waals surface area contributed by atoms with Gasteiger partial charge in [-0.2, -0.15) is 0 Å². The first kappa shape index (κ1) is 24.5. The topological polar surface area (TPSA) is 106 Å². The number of nitrogens with zero attached hydrogens (tertiary/aromatic N) is 3. The molecule has 0 unspecified atom stereocenters. The third-order valence-corrected chi connectivity index (χ3v) is 6.58. The van der Waals surface area contributed by atoms with Crippen LogP contribution < -0.4 is 5.73 Å². The second-order valence-electron chi connectivity index (χ2n) is 8.47. The predicted octanol–water partition coefficient (Wildman–Crippen LogP) is 4.27. The van der Waals surface area contributed by atoms with E-state index >= 15 is 0 Å². The zero-order valence-electron chi connectivity index (χ0n) is 19.7. The Balaban J connectivity index is 1.57. The Bertz CT molecular complexity index is 1280. The van der Waals surface area contributed by atoms with E-state index < -0.39 is 5.91 Å². The van der Waals surface area contributed by atoms with E-state index in [-0.39, 0.29) is 12.0 Å². The van der Waals surface area contributed by atoms with E-state index in [2.05, 4.69) is 0 Å². The second kappa shape index (κ2) is 10.3. The lowest BCUT2D eigenvalue weighted by atomic mass is 10.0. The minimum absolute atomic E-state index is 0.126. The number of hydrogen-bond acceptors (Lipinski definition) is 5. The summed E-state index contributed by atoms with van der Waals surface area (Å²) >= 11 is 6.67. The molecule has 1 aliphatic heterocycles.